The van der Waals surface area contributed by atoms with Gasteiger partial charge in [-0.05, 0) is 32.4 Å². The Morgan fingerprint density at radius 2 is 2.10 bits per heavy atom. The molecule has 20 heavy (non-hydrogen) atoms. The number of aromatic nitrogens is 2. The molecule has 0 fully saturated rings. The van der Waals surface area contributed by atoms with Gasteiger partial charge < -0.3 is 14.8 Å². The Hall–Kier alpha value is -2.07. The maximum absolute atomic E-state index is 5.23. The molecule has 1 atom stereocenters. The van der Waals surface area contributed by atoms with Crippen molar-refractivity contribution in [2.45, 2.75) is 33.4 Å². The van der Waals surface area contributed by atoms with E-state index in [1.165, 1.54) is 16.5 Å². The van der Waals surface area contributed by atoms with Crippen LogP contribution in [0.25, 0.3) is 10.9 Å². The zero-order valence-corrected chi connectivity index (χ0v) is 12.0. The molecule has 0 bridgehead atoms. The third-order valence-corrected chi connectivity index (χ3v) is 3.80. The number of para-hydroxylation sites is 1. The number of benzene rings is 1. The van der Waals surface area contributed by atoms with Crippen molar-refractivity contribution in [3.63, 3.8) is 0 Å². The average Bonchev–Trinajstić information content (AvgIpc) is 3.00. The molecule has 0 aliphatic rings. The normalized spacial score (nSPS) is 12.9. The van der Waals surface area contributed by atoms with E-state index in [0.717, 1.165) is 23.6 Å². The van der Waals surface area contributed by atoms with Crippen LogP contribution in [0.3, 0.4) is 0 Å². The van der Waals surface area contributed by atoms with Crippen LogP contribution in [0.2, 0.25) is 0 Å². The topological polar surface area (TPSA) is 53.9 Å². The largest absolute Gasteiger partial charge is 0.361 e. The molecule has 4 heteroatoms. The lowest BCUT2D eigenvalue weighted by molar-refractivity contribution is 0.390. The lowest BCUT2D eigenvalue weighted by Gasteiger charge is -2.13. The second-order valence-electron chi connectivity index (χ2n) is 5.20. The first-order valence-corrected chi connectivity index (χ1v) is 6.88. The first-order chi connectivity index (χ1) is 9.66. The minimum absolute atomic E-state index is 0.218. The molecule has 0 radical (unpaired) electrons. The number of hydrogen-bond donors (Lipinski definition) is 2. The number of hydrogen-bond acceptors (Lipinski definition) is 3. The lowest BCUT2D eigenvalue weighted by atomic mass is 10.1. The van der Waals surface area contributed by atoms with E-state index in [9.17, 15) is 0 Å². The number of fused-ring (bicyclic) bond motifs is 1. The van der Waals surface area contributed by atoms with E-state index in [4.69, 9.17) is 4.52 Å². The molecule has 0 amide bonds. The fourth-order valence-electron chi connectivity index (χ4n) is 2.75. The summed E-state index contributed by atoms with van der Waals surface area (Å²) in [5.74, 6) is 0.890. The van der Waals surface area contributed by atoms with E-state index in [-0.39, 0.29) is 6.04 Å². The molecule has 2 N–H and O–H groups in total. The summed E-state index contributed by atoms with van der Waals surface area (Å²) in [6.45, 7) is 6.89. The van der Waals surface area contributed by atoms with E-state index in [1.54, 1.807) is 0 Å². The summed E-state index contributed by atoms with van der Waals surface area (Å²) in [5, 5.41) is 8.82. The lowest BCUT2D eigenvalue weighted by Crippen LogP contribution is -2.18. The van der Waals surface area contributed by atoms with E-state index in [2.05, 4.69) is 46.8 Å². The van der Waals surface area contributed by atoms with Crippen molar-refractivity contribution < 1.29 is 4.52 Å². The molecular formula is C16H19N3O. The molecule has 0 saturated carbocycles. The van der Waals surface area contributed by atoms with Gasteiger partial charge >= 0.3 is 0 Å². The third kappa shape index (κ3) is 2.23. The summed E-state index contributed by atoms with van der Waals surface area (Å²) in [6.07, 6.45) is 2.07. The highest BCUT2D eigenvalue weighted by Crippen LogP contribution is 2.23. The molecule has 0 spiro atoms. The Morgan fingerprint density at radius 3 is 2.85 bits per heavy atom. The molecule has 3 aromatic rings. The Morgan fingerprint density at radius 1 is 1.30 bits per heavy atom. The van der Waals surface area contributed by atoms with E-state index < -0.39 is 0 Å². The molecule has 4 nitrogen and oxygen atoms in total. The van der Waals surface area contributed by atoms with Gasteiger partial charge in [0.15, 0.2) is 0 Å². The molecular weight excluding hydrogens is 250 g/mol. The highest BCUT2D eigenvalue weighted by molar-refractivity contribution is 5.82. The summed E-state index contributed by atoms with van der Waals surface area (Å²) >= 11 is 0. The summed E-state index contributed by atoms with van der Waals surface area (Å²) in [5.41, 5.74) is 4.57. The van der Waals surface area contributed by atoms with Gasteiger partial charge in [-0.3, -0.25) is 0 Å². The maximum Gasteiger partial charge on any atom is 0.138 e. The smallest absolute Gasteiger partial charge is 0.138 e. The van der Waals surface area contributed by atoms with Crippen LogP contribution in [0.4, 0.5) is 0 Å². The average molecular weight is 269 g/mol. The Labute approximate surface area is 118 Å². The fraction of sp³-hybridized carbons (Fsp3) is 0.312. The first kappa shape index (κ1) is 12.9. The molecule has 0 saturated heterocycles. The summed E-state index contributed by atoms with van der Waals surface area (Å²) in [4.78, 5) is 3.30. The Bertz CT molecular complexity index is 707. The van der Waals surface area contributed by atoms with Crippen LogP contribution < -0.4 is 5.32 Å². The SMILES string of the molecule is Cc1noc(C)c1C(C)NCc1c[nH]c2ccccc12. The maximum atomic E-state index is 5.23. The highest BCUT2D eigenvalue weighted by atomic mass is 16.5. The van der Waals surface area contributed by atoms with Crippen molar-refractivity contribution in [3.05, 3.63) is 53.0 Å². The Kier molecular flexibility index (Phi) is 3.32. The monoisotopic (exact) mass is 269 g/mol. The van der Waals surface area contributed by atoms with Crippen LogP contribution in [0.1, 0.15) is 35.5 Å². The van der Waals surface area contributed by atoms with Gasteiger partial charge in [-0.25, -0.2) is 0 Å². The van der Waals surface area contributed by atoms with Crippen LogP contribution >= 0.6 is 0 Å². The Balaban J connectivity index is 1.76. The van der Waals surface area contributed by atoms with Gasteiger partial charge in [0, 0.05) is 35.2 Å². The summed E-state index contributed by atoms with van der Waals surface area (Å²) in [6, 6.07) is 8.56. The fourth-order valence-corrected chi connectivity index (χ4v) is 2.75. The van der Waals surface area contributed by atoms with Crippen molar-refractivity contribution >= 4 is 10.9 Å². The molecule has 2 aromatic heterocycles. The van der Waals surface area contributed by atoms with Crippen LogP contribution in [0, 0.1) is 13.8 Å². The number of nitrogens with zero attached hydrogens (tertiary/aromatic N) is 1. The van der Waals surface area contributed by atoms with Crippen molar-refractivity contribution in [2.75, 3.05) is 0 Å². The number of aryl methyl sites for hydroxylation is 2. The van der Waals surface area contributed by atoms with Gasteiger partial charge in [-0.1, -0.05) is 23.4 Å². The molecule has 1 unspecified atom stereocenters. The van der Waals surface area contributed by atoms with Gasteiger partial charge in [-0.2, -0.15) is 0 Å². The summed E-state index contributed by atoms with van der Waals surface area (Å²) in [7, 11) is 0. The molecule has 3 rings (SSSR count). The van der Waals surface area contributed by atoms with Gasteiger partial charge in [0.1, 0.15) is 5.76 Å². The molecule has 1 aromatic carbocycles. The van der Waals surface area contributed by atoms with Gasteiger partial charge in [-0.15, -0.1) is 0 Å². The van der Waals surface area contributed by atoms with Crippen LogP contribution in [-0.4, -0.2) is 10.1 Å². The summed E-state index contributed by atoms with van der Waals surface area (Å²) < 4.78 is 5.23. The van der Waals surface area contributed by atoms with Crippen molar-refractivity contribution in [3.8, 4) is 0 Å². The van der Waals surface area contributed by atoms with Crippen molar-refractivity contribution in [1.82, 2.24) is 15.5 Å². The van der Waals surface area contributed by atoms with E-state index >= 15 is 0 Å². The molecule has 0 aliphatic heterocycles. The van der Waals surface area contributed by atoms with Crippen LogP contribution in [-0.2, 0) is 6.54 Å². The number of nitrogens with one attached hydrogen (secondary N) is 2. The quantitative estimate of drug-likeness (QED) is 0.760. The predicted octanol–water partition coefficient (Wildman–Crippen LogP) is 3.62. The van der Waals surface area contributed by atoms with Gasteiger partial charge in [0.2, 0.25) is 0 Å². The number of H-pyrrole nitrogens is 1. The molecule has 0 aliphatic carbocycles. The van der Waals surface area contributed by atoms with Gasteiger partial charge in [0.05, 0.1) is 5.69 Å². The predicted molar refractivity (Wildman–Crippen MR) is 79.5 cm³/mol. The second-order valence-corrected chi connectivity index (χ2v) is 5.20. The first-order valence-electron chi connectivity index (χ1n) is 6.88. The van der Waals surface area contributed by atoms with Crippen molar-refractivity contribution in [1.29, 1.82) is 0 Å². The standard InChI is InChI=1S/C16H19N3O/c1-10(16-11(2)19-20-12(16)3)17-8-13-9-18-15-7-5-4-6-14(13)15/h4-7,9-10,17-18H,8H2,1-3H3. The molecule has 104 valence electrons. The minimum atomic E-state index is 0.218. The number of rotatable bonds is 4. The van der Waals surface area contributed by atoms with E-state index in [0.29, 0.717) is 0 Å². The van der Waals surface area contributed by atoms with Crippen LogP contribution in [0.5, 0.6) is 0 Å². The zero-order valence-electron chi connectivity index (χ0n) is 12.0. The highest BCUT2D eigenvalue weighted by Gasteiger charge is 2.16. The van der Waals surface area contributed by atoms with Crippen molar-refractivity contribution in [2.24, 2.45) is 0 Å². The molecule has 2 heterocycles. The van der Waals surface area contributed by atoms with E-state index in [1.807, 2.05) is 19.9 Å². The zero-order chi connectivity index (χ0) is 14.1. The third-order valence-electron chi connectivity index (χ3n) is 3.80. The van der Waals surface area contributed by atoms with Gasteiger partial charge in [0.25, 0.3) is 0 Å². The number of aromatic amines is 1. The van der Waals surface area contributed by atoms with Crippen LogP contribution in [0.15, 0.2) is 35.0 Å². The second kappa shape index (κ2) is 5.13. The minimum Gasteiger partial charge on any atom is -0.361 e.